The molecule has 1 aromatic rings. The highest BCUT2D eigenvalue weighted by Crippen LogP contribution is 2.62. The van der Waals surface area contributed by atoms with Gasteiger partial charge in [0, 0.05) is 6.04 Å². The smallest absolute Gasteiger partial charge is 0.305 e. The normalized spacial score (nSPS) is 34.1. The molecule has 6 heteroatoms. The van der Waals surface area contributed by atoms with E-state index in [0.717, 1.165) is 5.92 Å². The number of nitrogens with one attached hydrogen (secondary N) is 1. The lowest BCUT2D eigenvalue weighted by molar-refractivity contribution is -0.385. The lowest BCUT2D eigenvalue weighted by Crippen LogP contribution is -2.46. The van der Waals surface area contributed by atoms with E-state index in [4.69, 9.17) is 0 Å². The summed E-state index contributed by atoms with van der Waals surface area (Å²) in [5.41, 5.74) is 0.409. The van der Waals surface area contributed by atoms with Gasteiger partial charge in [-0.05, 0) is 36.0 Å². The Labute approximate surface area is 118 Å². The van der Waals surface area contributed by atoms with E-state index in [9.17, 15) is 10.1 Å². The molecule has 0 saturated heterocycles. The van der Waals surface area contributed by atoms with Crippen molar-refractivity contribution in [1.82, 2.24) is 9.97 Å². The fourth-order valence-electron chi connectivity index (χ4n) is 4.28. The van der Waals surface area contributed by atoms with Gasteiger partial charge in [-0.3, -0.25) is 10.1 Å². The van der Waals surface area contributed by atoms with E-state index in [2.05, 4.69) is 36.1 Å². The van der Waals surface area contributed by atoms with Gasteiger partial charge in [0.2, 0.25) is 5.95 Å². The zero-order valence-electron chi connectivity index (χ0n) is 12.1. The van der Waals surface area contributed by atoms with Gasteiger partial charge in [0.15, 0.2) is 0 Å². The van der Waals surface area contributed by atoms with Crippen LogP contribution in [0.25, 0.3) is 0 Å². The van der Waals surface area contributed by atoms with Gasteiger partial charge in [0.25, 0.3) is 0 Å². The molecule has 1 heterocycles. The maximum atomic E-state index is 10.6. The number of rotatable bonds is 3. The van der Waals surface area contributed by atoms with Gasteiger partial charge in [-0.15, -0.1) is 0 Å². The molecule has 1 aromatic heterocycles. The number of hydrogen-bond acceptors (Lipinski definition) is 5. The predicted octanol–water partition coefficient (Wildman–Crippen LogP) is 3.01. The summed E-state index contributed by atoms with van der Waals surface area (Å²) >= 11 is 0. The second-order valence-electron chi connectivity index (χ2n) is 7.01. The van der Waals surface area contributed by atoms with E-state index >= 15 is 0 Å². The molecule has 3 atom stereocenters. The van der Waals surface area contributed by atoms with Crippen molar-refractivity contribution in [2.75, 3.05) is 5.32 Å². The standard InChI is InChI=1S/C14H20N4O2/c1-13(2)9-4-5-14(3,6-9)11(13)17-12-15-7-10(8-16-12)18(19)20/h7-9,11H,4-6H2,1-3H3,(H,15,16,17). The maximum absolute atomic E-state index is 10.6. The van der Waals surface area contributed by atoms with Crippen molar-refractivity contribution in [2.24, 2.45) is 16.7 Å². The van der Waals surface area contributed by atoms with Gasteiger partial charge in [0.1, 0.15) is 12.4 Å². The number of nitro groups is 1. The van der Waals surface area contributed by atoms with Crippen molar-refractivity contribution in [3.8, 4) is 0 Å². The number of anilines is 1. The lowest BCUT2D eigenvalue weighted by atomic mass is 9.68. The van der Waals surface area contributed by atoms with Crippen LogP contribution in [0, 0.1) is 26.9 Å². The van der Waals surface area contributed by atoms with E-state index < -0.39 is 4.92 Å². The van der Waals surface area contributed by atoms with Crippen LogP contribution in [0.1, 0.15) is 40.0 Å². The molecule has 3 unspecified atom stereocenters. The summed E-state index contributed by atoms with van der Waals surface area (Å²) in [4.78, 5) is 18.3. The molecule has 3 rings (SSSR count). The van der Waals surface area contributed by atoms with Gasteiger partial charge in [0.05, 0.1) is 4.92 Å². The second-order valence-corrected chi connectivity index (χ2v) is 7.01. The third kappa shape index (κ3) is 1.85. The summed E-state index contributed by atoms with van der Waals surface area (Å²) in [6, 6.07) is 0.315. The first-order valence-electron chi connectivity index (χ1n) is 7.06. The molecule has 0 spiro atoms. The SMILES string of the molecule is CC12CCC(C1)C(C)(C)C2Nc1ncc([N+](=O)[O-])cn1. The van der Waals surface area contributed by atoms with Gasteiger partial charge in [-0.2, -0.15) is 0 Å². The fourth-order valence-corrected chi connectivity index (χ4v) is 4.28. The van der Waals surface area contributed by atoms with Crippen molar-refractivity contribution in [1.29, 1.82) is 0 Å². The molecule has 2 aliphatic rings. The highest BCUT2D eigenvalue weighted by Gasteiger charge is 2.59. The summed E-state index contributed by atoms with van der Waals surface area (Å²) in [5, 5.41) is 14.0. The van der Waals surface area contributed by atoms with Crippen molar-refractivity contribution in [2.45, 2.75) is 46.1 Å². The number of nitrogens with zero attached hydrogens (tertiary/aromatic N) is 3. The molecule has 0 radical (unpaired) electrons. The lowest BCUT2D eigenvalue weighted by Gasteiger charge is -2.43. The Hall–Kier alpha value is -1.72. The molecule has 20 heavy (non-hydrogen) atoms. The third-order valence-electron chi connectivity index (χ3n) is 5.39. The van der Waals surface area contributed by atoms with Crippen molar-refractivity contribution >= 4 is 11.6 Å². The van der Waals surface area contributed by atoms with Crippen LogP contribution in [0.4, 0.5) is 11.6 Å². The van der Waals surface area contributed by atoms with Crippen LogP contribution in [0.15, 0.2) is 12.4 Å². The average Bonchev–Trinajstić information content (AvgIpc) is 2.86. The molecule has 2 fully saturated rings. The van der Waals surface area contributed by atoms with Crippen molar-refractivity contribution in [3.05, 3.63) is 22.5 Å². The largest absolute Gasteiger partial charge is 0.350 e. The minimum absolute atomic E-state index is 0.0750. The van der Waals surface area contributed by atoms with Crippen LogP contribution in [0.5, 0.6) is 0 Å². The average molecular weight is 276 g/mol. The summed E-state index contributed by atoms with van der Waals surface area (Å²) in [6.45, 7) is 6.92. The minimum Gasteiger partial charge on any atom is -0.350 e. The molecular formula is C14H20N4O2. The Morgan fingerprint density at radius 2 is 2.00 bits per heavy atom. The van der Waals surface area contributed by atoms with E-state index in [0.29, 0.717) is 12.0 Å². The first kappa shape index (κ1) is 13.3. The van der Waals surface area contributed by atoms with E-state index in [-0.39, 0.29) is 16.5 Å². The van der Waals surface area contributed by atoms with Crippen LogP contribution < -0.4 is 5.32 Å². The number of hydrogen-bond donors (Lipinski definition) is 1. The highest BCUT2D eigenvalue weighted by molar-refractivity contribution is 5.34. The van der Waals surface area contributed by atoms with Crippen LogP contribution in [-0.2, 0) is 0 Å². The van der Waals surface area contributed by atoms with Crippen LogP contribution >= 0.6 is 0 Å². The summed E-state index contributed by atoms with van der Waals surface area (Å²) in [6.07, 6.45) is 6.29. The maximum Gasteiger partial charge on any atom is 0.305 e. The molecular weight excluding hydrogens is 256 g/mol. The summed E-state index contributed by atoms with van der Waals surface area (Å²) in [5.74, 6) is 1.23. The minimum atomic E-state index is -0.480. The fraction of sp³-hybridized carbons (Fsp3) is 0.714. The number of aromatic nitrogens is 2. The Morgan fingerprint density at radius 3 is 2.50 bits per heavy atom. The van der Waals surface area contributed by atoms with Gasteiger partial charge < -0.3 is 5.32 Å². The second kappa shape index (κ2) is 4.14. The zero-order valence-corrected chi connectivity index (χ0v) is 12.1. The molecule has 1 N–H and O–H groups in total. The van der Waals surface area contributed by atoms with E-state index in [1.54, 1.807) is 0 Å². The molecule has 0 aromatic carbocycles. The molecule has 2 saturated carbocycles. The Morgan fingerprint density at radius 1 is 1.35 bits per heavy atom. The van der Waals surface area contributed by atoms with Crippen molar-refractivity contribution < 1.29 is 4.92 Å². The number of fused-ring (bicyclic) bond motifs is 2. The monoisotopic (exact) mass is 276 g/mol. The topological polar surface area (TPSA) is 81.0 Å². The molecule has 2 aliphatic carbocycles. The van der Waals surface area contributed by atoms with Crippen LogP contribution in [-0.4, -0.2) is 20.9 Å². The Kier molecular flexibility index (Phi) is 2.74. The van der Waals surface area contributed by atoms with Crippen LogP contribution in [0.3, 0.4) is 0 Å². The van der Waals surface area contributed by atoms with Crippen molar-refractivity contribution in [3.63, 3.8) is 0 Å². The van der Waals surface area contributed by atoms with Crippen LogP contribution in [0.2, 0.25) is 0 Å². The first-order valence-corrected chi connectivity index (χ1v) is 7.06. The quantitative estimate of drug-likeness (QED) is 0.678. The van der Waals surface area contributed by atoms with E-state index in [1.807, 2.05) is 0 Å². The Balaban J connectivity index is 1.82. The Bertz CT molecular complexity index is 538. The molecule has 2 bridgehead atoms. The van der Waals surface area contributed by atoms with E-state index in [1.165, 1.54) is 31.7 Å². The van der Waals surface area contributed by atoms with Gasteiger partial charge in [-0.1, -0.05) is 20.8 Å². The molecule has 6 nitrogen and oxygen atoms in total. The van der Waals surface area contributed by atoms with Gasteiger partial charge in [-0.25, -0.2) is 9.97 Å². The highest BCUT2D eigenvalue weighted by atomic mass is 16.6. The predicted molar refractivity (Wildman–Crippen MR) is 75.3 cm³/mol. The molecule has 0 aliphatic heterocycles. The molecule has 108 valence electrons. The molecule has 0 amide bonds. The third-order valence-corrected chi connectivity index (χ3v) is 5.39. The first-order chi connectivity index (χ1) is 9.33. The summed E-state index contributed by atoms with van der Waals surface area (Å²) < 4.78 is 0. The van der Waals surface area contributed by atoms with Gasteiger partial charge >= 0.3 is 5.69 Å². The summed E-state index contributed by atoms with van der Waals surface area (Å²) in [7, 11) is 0. The zero-order chi connectivity index (χ0) is 14.5.